The van der Waals surface area contributed by atoms with Gasteiger partial charge in [-0.2, -0.15) is 9.97 Å². The summed E-state index contributed by atoms with van der Waals surface area (Å²) in [5.74, 6) is 2.54. The molecule has 0 aliphatic heterocycles. The van der Waals surface area contributed by atoms with Gasteiger partial charge in [0, 0.05) is 6.42 Å². The lowest BCUT2D eigenvalue weighted by atomic mass is 10.1. The van der Waals surface area contributed by atoms with Crippen molar-refractivity contribution in [3.63, 3.8) is 0 Å². The summed E-state index contributed by atoms with van der Waals surface area (Å²) in [7, 11) is 1.66. The maximum Gasteiger partial charge on any atom is 0.223 e. The van der Waals surface area contributed by atoms with Crippen LogP contribution in [0.25, 0.3) is 0 Å². The molecule has 1 heterocycles. The molecule has 5 heteroatoms. The van der Waals surface area contributed by atoms with Gasteiger partial charge in [0.1, 0.15) is 17.4 Å². The molecule has 0 aliphatic carbocycles. The van der Waals surface area contributed by atoms with Crippen LogP contribution in [0, 0.1) is 6.92 Å². The number of aromatic nitrogens is 3. The first-order chi connectivity index (χ1) is 8.67. The van der Waals surface area contributed by atoms with Gasteiger partial charge in [-0.1, -0.05) is 12.1 Å². The van der Waals surface area contributed by atoms with Crippen molar-refractivity contribution in [1.29, 1.82) is 0 Å². The van der Waals surface area contributed by atoms with E-state index in [2.05, 4.69) is 15.0 Å². The number of ether oxygens (including phenoxy) is 1. The predicted octanol–water partition coefficient (Wildman–Crippen LogP) is 1.56. The smallest absolute Gasteiger partial charge is 0.223 e. The fraction of sp³-hybridized carbons (Fsp3) is 0.308. The normalized spacial score (nSPS) is 10.3. The highest BCUT2D eigenvalue weighted by atomic mass is 16.5. The van der Waals surface area contributed by atoms with Gasteiger partial charge in [0.2, 0.25) is 5.95 Å². The number of methoxy groups -OCH3 is 1. The fourth-order valence-electron chi connectivity index (χ4n) is 1.72. The second-order valence-electron chi connectivity index (χ2n) is 4.01. The first kappa shape index (κ1) is 12.3. The highest BCUT2D eigenvalue weighted by Gasteiger charge is 2.02. The number of hydrogen-bond acceptors (Lipinski definition) is 5. The first-order valence-corrected chi connectivity index (χ1v) is 5.77. The number of nitrogen functional groups attached to an aromatic ring is 1. The lowest BCUT2D eigenvalue weighted by molar-refractivity contribution is 0.414. The summed E-state index contributed by atoms with van der Waals surface area (Å²) in [6.07, 6.45) is 1.62. The van der Waals surface area contributed by atoms with Gasteiger partial charge >= 0.3 is 0 Å². The number of benzene rings is 1. The molecule has 2 aromatic rings. The van der Waals surface area contributed by atoms with E-state index in [1.165, 1.54) is 5.56 Å². The van der Waals surface area contributed by atoms with Crippen molar-refractivity contribution in [2.75, 3.05) is 12.8 Å². The van der Waals surface area contributed by atoms with Crippen LogP contribution >= 0.6 is 0 Å². The van der Waals surface area contributed by atoms with Crippen LogP contribution in [0.1, 0.15) is 17.2 Å². The molecule has 0 radical (unpaired) electrons. The standard InChI is InChI=1S/C13H16N4O/c1-9-15-12(17-13(14)16-9)8-5-10-3-6-11(18-2)7-4-10/h3-4,6-7H,5,8H2,1-2H3,(H2,14,15,16,17). The van der Waals surface area contributed by atoms with Gasteiger partial charge < -0.3 is 10.5 Å². The van der Waals surface area contributed by atoms with E-state index in [0.717, 1.165) is 24.4 Å². The van der Waals surface area contributed by atoms with E-state index >= 15 is 0 Å². The number of aryl methyl sites for hydroxylation is 3. The lowest BCUT2D eigenvalue weighted by Gasteiger charge is -2.04. The van der Waals surface area contributed by atoms with E-state index in [4.69, 9.17) is 10.5 Å². The van der Waals surface area contributed by atoms with Crippen molar-refractivity contribution >= 4 is 5.95 Å². The van der Waals surface area contributed by atoms with E-state index in [9.17, 15) is 0 Å². The second kappa shape index (κ2) is 5.44. The van der Waals surface area contributed by atoms with Crippen molar-refractivity contribution in [3.8, 4) is 5.75 Å². The predicted molar refractivity (Wildman–Crippen MR) is 69.4 cm³/mol. The summed E-state index contributed by atoms with van der Waals surface area (Å²) >= 11 is 0. The van der Waals surface area contributed by atoms with Crippen LogP contribution in [-0.4, -0.2) is 22.1 Å². The van der Waals surface area contributed by atoms with Crippen LogP contribution in [0.2, 0.25) is 0 Å². The summed E-state index contributed by atoms with van der Waals surface area (Å²) in [6.45, 7) is 1.81. The van der Waals surface area contributed by atoms with Crippen LogP contribution in [0.15, 0.2) is 24.3 Å². The SMILES string of the molecule is COc1ccc(CCc2nc(C)nc(N)n2)cc1. The van der Waals surface area contributed by atoms with Gasteiger partial charge in [-0.25, -0.2) is 4.98 Å². The molecule has 1 aromatic heterocycles. The Bertz CT molecular complexity index is 505. The molecule has 18 heavy (non-hydrogen) atoms. The molecule has 0 aliphatic rings. The van der Waals surface area contributed by atoms with Gasteiger partial charge in [0.05, 0.1) is 7.11 Å². The number of rotatable bonds is 4. The fourth-order valence-corrected chi connectivity index (χ4v) is 1.72. The number of hydrogen-bond donors (Lipinski definition) is 1. The van der Waals surface area contributed by atoms with E-state index < -0.39 is 0 Å². The highest BCUT2D eigenvalue weighted by molar-refractivity contribution is 5.27. The Labute approximate surface area is 106 Å². The van der Waals surface area contributed by atoms with Gasteiger partial charge in [0.15, 0.2) is 0 Å². The van der Waals surface area contributed by atoms with Gasteiger partial charge in [-0.05, 0) is 31.0 Å². The minimum absolute atomic E-state index is 0.284. The Hall–Kier alpha value is -2.17. The molecule has 2 N–H and O–H groups in total. The number of nitrogens with zero attached hydrogens (tertiary/aromatic N) is 3. The highest BCUT2D eigenvalue weighted by Crippen LogP contribution is 2.12. The van der Waals surface area contributed by atoms with Crippen molar-refractivity contribution in [1.82, 2.24) is 15.0 Å². The lowest BCUT2D eigenvalue weighted by Crippen LogP contribution is -2.06. The van der Waals surface area contributed by atoms with Crippen molar-refractivity contribution in [2.45, 2.75) is 19.8 Å². The molecular formula is C13H16N4O. The number of nitrogens with two attached hydrogens (primary N) is 1. The molecule has 0 fully saturated rings. The summed E-state index contributed by atoms with van der Waals surface area (Å²) < 4.78 is 5.11. The maximum atomic E-state index is 5.59. The minimum Gasteiger partial charge on any atom is -0.497 e. The zero-order valence-corrected chi connectivity index (χ0v) is 10.6. The van der Waals surface area contributed by atoms with Crippen molar-refractivity contribution < 1.29 is 4.74 Å². The molecule has 1 aromatic carbocycles. The summed E-state index contributed by atoms with van der Waals surface area (Å²) in [4.78, 5) is 12.3. The monoisotopic (exact) mass is 244 g/mol. The molecule has 0 atom stereocenters. The molecular weight excluding hydrogens is 228 g/mol. The Morgan fingerprint density at radius 3 is 2.39 bits per heavy atom. The first-order valence-electron chi connectivity index (χ1n) is 5.77. The quantitative estimate of drug-likeness (QED) is 0.883. The zero-order chi connectivity index (χ0) is 13.0. The topological polar surface area (TPSA) is 73.9 Å². The molecule has 0 spiro atoms. The van der Waals surface area contributed by atoms with Gasteiger partial charge in [-0.15, -0.1) is 0 Å². The molecule has 5 nitrogen and oxygen atoms in total. The third kappa shape index (κ3) is 3.16. The zero-order valence-electron chi connectivity index (χ0n) is 10.6. The van der Waals surface area contributed by atoms with Crippen LogP contribution < -0.4 is 10.5 Å². The Morgan fingerprint density at radius 2 is 1.78 bits per heavy atom. The molecule has 0 bridgehead atoms. The average molecular weight is 244 g/mol. The van der Waals surface area contributed by atoms with E-state index in [1.807, 2.05) is 31.2 Å². The molecule has 0 saturated heterocycles. The van der Waals surface area contributed by atoms with Crippen LogP contribution in [0.5, 0.6) is 5.75 Å². The largest absolute Gasteiger partial charge is 0.497 e. The van der Waals surface area contributed by atoms with E-state index in [0.29, 0.717) is 5.82 Å². The third-order valence-corrected chi connectivity index (χ3v) is 2.61. The van der Waals surface area contributed by atoms with Crippen LogP contribution in [0.4, 0.5) is 5.95 Å². The molecule has 94 valence electrons. The summed E-state index contributed by atoms with van der Waals surface area (Å²) in [5, 5.41) is 0. The van der Waals surface area contributed by atoms with Crippen molar-refractivity contribution in [2.24, 2.45) is 0 Å². The minimum atomic E-state index is 0.284. The maximum absolute atomic E-state index is 5.59. The van der Waals surface area contributed by atoms with Crippen molar-refractivity contribution in [3.05, 3.63) is 41.5 Å². The Balaban J connectivity index is 2.01. The van der Waals surface area contributed by atoms with Crippen LogP contribution in [0.3, 0.4) is 0 Å². The summed E-state index contributed by atoms with van der Waals surface area (Å²) in [6, 6.07) is 7.97. The third-order valence-electron chi connectivity index (χ3n) is 2.61. The van der Waals surface area contributed by atoms with E-state index in [1.54, 1.807) is 7.11 Å². The van der Waals surface area contributed by atoms with Gasteiger partial charge in [0.25, 0.3) is 0 Å². The number of anilines is 1. The average Bonchev–Trinajstić information content (AvgIpc) is 2.36. The Kier molecular flexibility index (Phi) is 3.72. The Morgan fingerprint density at radius 1 is 1.06 bits per heavy atom. The van der Waals surface area contributed by atoms with E-state index in [-0.39, 0.29) is 5.95 Å². The molecule has 0 unspecified atom stereocenters. The second-order valence-corrected chi connectivity index (χ2v) is 4.01. The molecule has 2 rings (SSSR count). The molecule has 0 saturated carbocycles. The molecule has 0 amide bonds. The van der Waals surface area contributed by atoms with Gasteiger partial charge in [-0.3, -0.25) is 0 Å². The summed E-state index contributed by atoms with van der Waals surface area (Å²) in [5.41, 5.74) is 6.80. The van der Waals surface area contributed by atoms with Crippen LogP contribution in [-0.2, 0) is 12.8 Å².